The van der Waals surface area contributed by atoms with Gasteiger partial charge in [0.1, 0.15) is 0 Å². The second-order valence-corrected chi connectivity index (χ2v) is 6.05. The number of para-hydroxylation sites is 1. The Kier molecular flexibility index (Phi) is 5.80. The minimum absolute atomic E-state index is 0.0929. The third kappa shape index (κ3) is 5.35. The smallest absolute Gasteiger partial charge is 0.244 e. The predicted molar refractivity (Wildman–Crippen MR) is 93.8 cm³/mol. The quantitative estimate of drug-likeness (QED) is 0.570. The monoisotopic (exact) mass is 325 g/mol. The molecule has 0 spiro atoms. The van der Waals surface area contributed by atoms with E-state index in [0.717, 1.165) is 30.2 Å². The van der Waals surface area contributed by atoms with Crippen molar-refractivity contribution in [2.75, 3.05) is 19.8 Å². The molecule has 1 amide bonds. The number of carbonyl (C=O) groups is 1. The maximum absolute atomic E-state index is 11.8. The zero-order chi connectivity index (χ0) is 16.6. The van der Waals surface area contributed by atoms with Crippen molar-refractivity contribution in [3.8, 4) is 5.69 Å². The molecule has 5 heteroatoms. The minimum atomic E-state index is -0.0929. The lowest BCUT2D eigenvalue weighted by Crippen LogP contribution is -2.23. The average Bonchev–Trinajstić information content (AvgIpc) is 3.32. The molecule has 0 saturated heterocycles. The van der Waals surface area contributed by atoms with Gasteiger partial charge in [0.15, 0.2) is 0 Å². The van der Waals surface area contributed by atoms with Gasteiger partial charge in [0.2, 0.25) is 5.91 Å². The second-order valence-electron chi connectivity index (χ2n) is 6.05. The van der Waals surface area contributed by atoms with Gasteiger partial charge in [0.05, 0.1) is 11.9 Å². The van der Waals surface area contributed by atoms with Crippen molar-refractivity contribution in [1.82, 2.24) is 15.1 Å². The van der Waals surface area contributed by atoms with Crippen LogP contribution in [0.5, 0.6) is 0 Å². The molecule has 1 fully saturated rings. The molecular formula is C19H23N3O2. The first kappa shape index (κ1) is 16.5. The summed E-state index contributed by atoms with van der Waals surface area (Å²) in [7, 11) is 0. The van der Waals surface area contributed by atoms with Crippen LogP contribution in [0.15, 0.2) is 48.8 Å². The second kappa shape index (κ2) is 8.45. The van der Waals surface area contributed by atoms with Gasteiger partial charge in [-0.05, 0) is 43.4 Å². The topological polar surface area (TPSA) is 56.2 Å². The number of hydrogen-bond donors (Lipinski definition) is 1. The molecule has 1 aliphatic carbocycles. The first-order chi connectivity index (χ1) is 11.8. The van der Waals surface area contributed by atoms with Gasteiger partial charge in [-0.15, -0.1) is 0 Å². The van der Waals surface area contributed by atoms with Crippen molar-refractivity contribution >= 4 is 12.0 Å². The Morgan fingerprint density at radius 1 is 1.33 bits per heavy atom. The minimum Gasteiger partial charge on any atom is -0.381 e. The molecule has 126 valence electrons. The number of amides is 1. The zero-order valence-corrected chi connectivity index (χ0v) is 13.7. The lowest BCUT2D eigenvalue weighted by atomic mass is 10.3. The number of rotatable bonds is 9. The highest BCUT2D eigenvalue weighted by Crippen LogP contribution is 2.28. The molecule has 0 bridgehead atoms. The highest BCUT2D eigenvalue weighted by atomic mass is 16.5. The van der Waals surface area contributed by atoms with Crippen molar-refractivity contribution in [2.24, 2.45) is 5.92 Å². The van der Waals surface area contributed by atoms with Gasteiger partial charge in [-0.2, -0.15) is 5.10 Å². The van der Waals surface area contributed by atoms with Gasteiger partial charge in [0.25, 0.3) is 0 Å². The number of aromatic nitrogens is 2. The molecule has 0 atom stereocenters. The van der Waals surface area contributed by atoms with Crippen LogP contribution < -0.4 is 5.32 Å². The summed E-state index contributed by atoms with van der Waals surface area (Å²) in [5.41, 5.74) is 1.88. The highest BCUT2D eigenvalue weighted by molar-refractivity contribution is 5.91. The van der Waals surface area contributed by atoms with E-state index >= 15 is 0 Å². The van der Waals surface area contributed by atoms with Crippen molar-refractivity contribution in [2.45, 2.75) is 19.3 Å². The molecule has 1 aliphatic rings. The molecule has 1 aromatic heterocycles. The Bertz CT molecular complexity index is 675. The molecule has 1 aromatic carbocycles. The van der Waals surface area contributed by atoms with Gasteiger partial charge < -0.3 is 10.1 Å². The van der Waals surface area contributed by atoms with E-state index in [1.54, 1.807) is 17.0 Å². The molecule has 3 rings (SSSR count). The van der Waals surface area contributed by atoms with E-state index < -0.39 is 0 Å². The fourth-order valence-corrected chi connectivity index (χ4v) is 2.30. The Hall–Kier alpha value is -2.40. The summed E-state index contributed by atoms with van der Waals surface area (Å²) in [5, 5.41) is 7.16. The summed E-state index contributed by atoms with van der Waals surface area (Å²) in [5.74, 6) is 0.698. The summed E-state index contributed by atoms with van der Waals surface area (Å²) in [6.45, 7) is 2.22. The van der Waals surface area contributed by atoms with E-state index in [2.05, 4.69) is 10.4 Å². The Labute approximate surface area is 142 Å². The van der Waals surface area contributed by atoms with Crippen LogP contribution in [0.4, 0.5) is 0 Å². The molecule has 1 heterocycles. The van der Waals surface area contributed by atoms with Gasteiger partial charge in [0, 0.05) is 37.6 Å². The summed E-state index contributed by atoms with van der Waals surface area (Å²) >= 11 is 0. The fourth-order valence-electron chi connectivity index (χ4n) is 2.30. The van der Waals surface area contributed by atoms with Crippen LogP contribution in [0.3, 0.4) is 0 Å². The van der Waals surface area contributed by atoms with Crippen molar-refractivity contribution in [3.63, 3.8) is 0 Å². The summed E-state index contributed by atoms with van der Waals surface area (Å²) in [6.07, 6.45) is 10.4. The van der Waals surface area contributed by atoms with Gasteiger partial charge in [-0.1, -0.05) is 18.2 Å². The standard InChI is InChI=1S/C19H23N3O2/c23-19(20-11-4-12-24-15-16-7-8-16)10-9-17-13-21-22(14-17)18-5-2-1-3-6-18/h1-3,5-6,9-10,13-14,16H,4,7-8,11-12,15H2,(H,20,23)/b10-9+. The van der Waals surface area contributed by atoms with Crippen LogP contribution in [-0.4, -0.2) is 35.4 Å². The molecule has 5 nitrogen and oxygen atoms in total. The summed E-state index contributed by atoms with van der Waals surface area (Å²) in [4.78, 5) is 11.8. The summed E-state index contributed by atoms with van der Waals surface area (Å²) < 4.78 is 7.32. The molecule has 1 saturated carbocycles. The Morgan fingerprint density at radius 3 is 2.96 bits per heavy atom. The van der Waals surface area contributed by atoms with E-state index in [-0.39, 0.29) is 5.91 Å². The van der Waals surface area contributed by atoms with Crippen LogP contribution >= 0.6 is 0 Å². The van der Waals surface area contributed by atoms with Crippen LogP contribution in [0, 0.1) is 5.92 Å². The maximum atomic E-state index is 11.8. The third-order valence-corrected chi connectivity index (χ3v) is 3.87. The maximum Gasteiger partial charge on any atom is 0.244 e. The van der Waals surface area contributed by atoms with E-state index in [0.29, 0.717) is 13.2 Å². The molecule has 24 heavy (non-hydrogen) atoms. The number of ether oxygens (including phenoxy) is 1. The van der Waals surface area contributed by atoms with E-state index in [4.69, 9.17) is 4.74 Å². The lowest BCUT2D eigenvalue weighted by Gasteiger charge is -2.03. The number of nitrogens with zero attached hydrogens (tertiary/aromatic N) is 2. The largest absolute Gasteiger partial charge is 0.381 e. The first-order valence-corrected chi connectivity index (χ1v) is 8.45. The Morgan fingerprint density at radius 2 is 2.17 bits per heavy atom. The molecular weight excluding hydrogens is 302 g/mol. The third-order valence-electron chi connectivity index (χ3n) is 3.87. The fraction of sp³-hybridized carbons (Fsp3) is 0.368. The van der Waals surface area contributed by atoms with E-state index in [1.807, 2.05) is 36.5 Å². The van der Waals surface area contributed by atoms with Crippen LogP contribution in [0.2, 0.25) is 0 Å². The van der Waals surface area contributed by atoms with Gasteiger partial charge in [-0.3, -0.25) is 4.79 Å². The first-order valence-electron chi connectivity index (χ1n) is 8.45. The summed E-state index contributed by atoms with van der Waals surface area (Å²) in [6, 6.07) is 9.87. The SMILES string of the molecule is O=C(/C=C/c1cnn(-c2ccccc2)c1)NCCCOCC1CC1. The highest BCUT2D eigenvalue weighted by Gasteiger charge is 2.20. The molecule has 0 radical (unpaired) electrons. The normalized spacial score (nSPS) is 14.2. The number of nitrogens with one attached hydrogen (secondary N) is 1. The number of benzene rings is 1. The van der Waals surface area contributed by atoms with E-state index in [1.165, 1.54) is 18.9 Å². The van der Waals surface area contributed by atoms with Crippen molar-refractivity contribution in [3.05, 3.63) is 54.4 Å². The van der Waals surface area contributed by atoms with Gasteiger partial charge in [-0.25, -0.2) is 4.68 Å². The average molecular weight is 325 g/mol. The lowest BCUT2D eigenvalue weighted by molar-refractivity contribution is -0.116. The molecule has 2 aromatic rings. The van der Waals surface area contributed by atoms with E-state index in [9.17, 15) is 4.79 Å². The van der Waals surface area contributed by atoms with Crippen molar-refractivity contribution in [1.29, 1.82) is 0 Å². The number of carbonyl (C=O) groups excluding carboxylic acids is 1. The van der Waals surface area contributed by atoms with Crippen LogP contribution in [0.25, 0.3) is 11.8 Å². The van der Waals surface area contributed by atoms with Crippen LogP contribution in [0.1, 0.15) is 24.8 Å². The number of hydrogen-bond acceptors (Lipinski definition) is 3. The molecule has 0 unspecified atom stereocenters. The van der Waals surface area contributed by atoms with Crippen LogP contribution in [-0.2, 0) is 9.53 Å². The van der Waals surface area contributed by atoms with Crippen molar-refractivity contribution < 1.29 is 9.53 Å². The Balaban J connectivity index is 1.37. The zero-order valence-electron chi connectivity index (χ0n) is 13.7. The predicted octanol–water partition coefficient (Wildman–Crippen LogP) is 2.82. The molecule has 1 N–H and O–H groups in total. The van der Waals surface area contributed by atoms with Gasteiger partial charge >= 0.3 is 0 Å². The molecule has 0 aliphatic heterocycles.